The van der Waals surface area contributed by atoms with Gasteiger partial charge in [-0.3, -0.25) is 4.90 Å². The number of hydrogen-bond acceptors (Lipinski definition) is 7. The van der Waals surface area contributed by atoms with E-state index in [1.165, 1.54) is 11.3 Å². The molecule has 4 heterocycles. The highest BCUT2D eigenvalue weighted by Gasteiger charge is 2.56. The molecule has 38 heavy (non-hydrogen) atoms. The number of aromatic nitrogens is 3. The Labute approximate surface area is 223 Å². The Morgan fingerprint density at radius 3 is 2.68 bits per heavy atom. The molecule has 0 bridgehead atoms. The summed E-state index contributed by atoms with van der Waals surface area (Å²) in [7, 11) is 1.61. The third kappa shape index (κ3) is 4.41. The van der Waals surface area contributed by atoms with E-state index >= 15 is 0 Å². The van der Waals surface area contributed by atoms with Gasteiger partial charge in [0.1, 0.15) is 11.4 Å². The third-order valence-corrected chi connectivity index (χ3v) is 8.22. The number of benzene rings is 1. The summed E-state index contributed by atoms with van der Waals surface area (Å²) in [6.07, 6.45) is 3.03. The Morgan fingerprint density at radius 1 is 1.18 bits per heavy atom. The number of para-hydroxylation sites is 1. The van der Waals surface area contributed by atoms with Crippen LogP contribution in [0.25, 0.3) is 22.3 Å². The van der Waals surface area contributed by atoms with Crippen molar-refractivity contribution in [2.45, 2.75) is 64.6 Å². The second kappa shape index (κ2) is 9.24. The van der Waals surface area contributed by atoms with Crippen LogP contribution in [0.4, 0.5) is 4.79 Å². The van der Waals surface area contributed by atoms with Gasteiger partial charge in [-0.05, 0) is 64.3 Å². The molecular formula is C29H37N5O4. The number of methoxy groups -OCH3 is 1. The van der Waals surface area contributed by atoms with Gasteiger partial charge in [0.05, 0.1) is 5.69 Å². The lowest BCUT2D eigenvalue weighted by molar-refractivity contribution is -0.115. The van der Waals surface area contributed by atoms with E-state index in [-0.39, 0.29) is 24.3 Å². The van der Waals surface area contributed by atoms with Crippen LogP contribution >= 0.6 is 0 Å². The molecule has 6 rings (SSSR count). The first kappa shape index (κ1) is 25.1. The first-order valence-electron chi connectivity index (χ1n) is 13.5. The molecule has 2 aromatic heterocycles. The largest absolute Gasteiger partial charge is 0.467 e. The minimum Gasteiger partial charge on any atom is -0.467 e. The molecule has 9 heteroatoms. The Morgan fingerprint density at radius 2 is 1.95 bits per heavy atom. The van der Waals surface area contributed by atoms with Crippen molar-refractivity contribution in [1.82, 2.24) is 25.0 Å². The number of likely N-dealkylation sites (tertiary alicyclic amines) is 1. The zero-order chi connectivity index (χ0) is 26.7. The molecule has 202 valence electrons. The number of nitrogens with one attached hydrogen (secondary N) is 1. The summed E-state index contributed by atoms with van der Waals surface area (Å²) >= 11 is 0. The molecule has 1 atom stereocenters. The molecule has 1 amide bonds. The highest BCUT2D eigenvalue weighted by atomic mass is 16.7. The zero-order valence-electron chi connectivity index (χ0n) is 22.9. The van der Waals surface area contributed by atoms with Gasteiger partial charge in [-0.1, -0.05) is 12.1 Å². The van der Waals surface area contributed by atoms with Gasteiger partial charge >= 0.3 is 6.09 Å². The molecule has 3 aromatic rings. The molecular weight excluding hydrogens is 482 g/mol. The highest BCUT2D eigenvalue weighted by molar-refractivity contribution is 5.86. The number of hydrogen-bond donors (Lipinski definition) is 1. The van der Waals surface area contributed by atoms with Crippen LogP contribution in [0.15, 0.2) is 30.3 Å². The number of amides is 1. The summed E-state index contributed by atoms with van der Waals surface area (Å²) < 4.78 is 16.4. The van der Waals surface area contributed by atoms with Gasteiger partial charge in [0.2, 0.25) is 0 Å². The predicted octanol–water partition coefficient (Wildman–Crippen LogP) is 4.93. The van der Waals surface area contributed by atoms with Crippen LogP contribution in [0, 0.1) is 5.41 Å². The highest BCUT2D eigenvalue weighted by Crippen LogP contribution is 2.53. The van der Waals surface area contributed by atoms with E-state index < -0.39 is 5.60 Å². The maximum absolute atomic E-state index is 12.4. The van der Waals surface area contributed by atoms with Crippen molar-refractivity contribution in [2.24, 2.45) is 5.41 Å². The van der Waals surface area contributed by atoms with Crippen LogP contribution in [0.2, 0.25) is 0 Å². The average molecular weight is 520 g/mol. The molecule has 1 spiro atoms. The number of fused-ring (bicyclic) bond motifs is 3. The minimum absolute atomic E-state index is 0.177. The van der Waals surface area contributed by atoms with Gasteiger partial charge in [0.25, 0.3) is 0 Å². The first-order chi connectivity index (χ1) is 18.2. The topological polar surface area (TPSA) is 92.8 Å². The molecule has 1 aliphatic carbocycles. The molecule has 0 radical (unpaired) electrons. The van der Waals surface area contributed by atoms with Crippen molar-refractivity contribution < 1.29 is 19.0 Å². The molecule has 1 saturated carbocycles. The fourth-order valence-electron chi connectivity index (χ4n) is 6.55. The van der Waals surface area contributed by atoms with E-state index in [9.17, 15) is 4.79 Å². The molecule has 1 N–H and O–H groups in total. The average Bonchev–Trinajstić information content (AvgIpc) is 3.20. The predicted molar refractivity (Wildman–Crippen MR) is 144 cm³/mol. The van der Waals surface area contributed by atoms with Crippen molar-refractivity contribution in [1.29, 1.82) is 0 Å². The number of H-pyrrole nitrogens is 1. The number of nitrogens with zero attached hydrogens (tertiary/aromatic N) is 4. The first-order valence-corrected chi connectivity index (χ1v) is 13.5. The van der Waals surface area contributed by atoms with E-state index in [4.69, 9.17) is 14.2 Å². The number of rotatable bonds is 5. The molecule has 3 aliphatic rings. The minimum atomic E-state index is -0.453. The Balaban J connectivity index is 1.18. The lowest BCUT2D eigenvalue weighted by Crippen LogP contribution is -2.68. The van der Waals surface area contributed by atoms with Crippen molar-refractivity contribution in [3.63, 3.8) is 0 Å². The fraction of sp³-hybridized carbons (Fsp3) is 0.552. The summed E-state index contributed by atoms with van der Waals surface area (Å²) in [5, 5.41) is 10.2. The van der Waals surface area contributed by atoms with Crippen LogP contribution in [-0.4, -0.2) is 76.3 Å². The lowest BCUT2D eigenvalue weighted by Gasteiger charge is -2.61. The van der Waals surface area contributed by atoms with Gasteiger partial charge in [0, 0.05) is 67.3 Å². The monoisotopic (exact) mass is 519 g/mol. The third-order valence-electron chi connectivity index (χ3n) is 8.22. The number of carbonyl (C=O) groups is 1. The van der Waals surface area contributed by atoms with E-state index in [0.29, 0.717) is 6.04 Å². The Hall–Kier alpha value is -3.17. The molecule has 1 aromatic carbocycles. The summed E-state index contributed by atoms with van der Waals surface area (Å²) in [6, 6.07) is 10.8. The van der Waals surface area contributed by atoms with Crippen LogP contribution in [0.1, 0.15) is 57.8 Å². The van der Waals surface area contributed by atoms with Gasteiger partial charge < -0.3 is 24.1 Å². The maximum Gasteiger partial charge on any atom is 0.410 e. The van der Waals surface area contributed by atoms with Crippen molar-refractivity contribution >= 4 is 17.1 Å². The van der Waals surface area contributed by atoms with E-state index in [1.54, 1.807) is 7.11 Å². The summed E-state index contributed by atoms with van der Waals surface area (Å²) in [4.78, 5) is 20.4. The SMILES string of the molecule is COCOc1ccccc1-c1cc2c3c([nH]c2nn1)CCN(C1CC2(C1)CN(C(=O)OC(C)(C)C)C2)[C@@H]3C. The maximum atomic E-state index is 12.4. The van der Waals surface area contributed by atoms with Crippen molar-refractivity contribution in [2.75, 3.05) is 33.5 Å². The second-order valence-corrected chi connectivity index (χ2v) is 12.1. The van der Waals surface area contributed by atoms with Crippen LogP contribution < -0.4 is 4.74 Å². The molecule has 0 unspecified atom stereocenters. The van der Waals surface area contributed by atoms with Crippen molar-refractivity contribution in [3.8, 4) is 17.0 Å². The van der Waals surface area contributed by atoms with E-state index in [0.717, 1.165) is 66.9 Å². The Bertz CT molecular complexity index is 1350. The summed E-state index contributed by atoms with van der Waals surface area (Å²) in [5.74, 6) is 0.725. The molecule has 2 aliphatic heterocycles. The normalized spacial score (nSPS) is 21.2. The number of ether oxygens (including phenoxy) is 3. The van der Waals surface area contributed by atoms with Gasteiger partial charge in [-0.25, -0.2) is 4.79 Å². The summed E-state index contributed by atoms with van der Waals surface area (Å²) in [6.45, 7) is 10.9. The van der Waals surface area contributed by atoms with Crippen LogP contribution in [0.5, 0.6) is 5.75 Å². The molecule has 2 fully saturated rings. The van der Waals surface area contributed by atoms with Gasteiger partial charge in [0.15, 0.2) is 12.4 Å². The number of aromatic amines is 1. The Kier molecular flexibility index (Phi) is 6.11. The smallest absolute Gasteiger partial charge is 0.410 e. The van der Waals surface area contributed by atoms with E-state index in [1.807, 2.05) is 49.9 Å². The quantitative estimate of drug-likeness (QED) is 0.478. The van der Waals surface area contributed by atoms with E-state index in [2.05, 4.69) is 33.1 Å². The number of carbonyl (C=O) groups excluding carboxylic acids is 1. The van der Waals surface area contributed by atoms with Gasteiger partial charge in [-0.2, -0.15) is 0 Å². The second-order valence-electron chi connectivity index (χ2n) is 12.1. The van der Waals surface area contributed by atoms with Gasteiger partial charge in [-0.15, -0.1) is 10.2 Å². The molecule has 1 saturated heterocycles. The van der Waals surface area contributed by atoms with Crippen molar-refractivity contribution in [3.05, 3.63) is 41.6 Å². The zero-order valence-corrected chi connectivity index (χ0v) is 22.9. The van der Waals surface area contributed by atoms with Crippen LogP contribution in [0.3, 0.4) is 0 Å². The standard InChI is InChI=1S/C29H37N5O4/c1-18-25-21-12-23(20-8-6-7-9-24(20)37-17-36-5)31-32-26(21)30-22(25)10-11-34(18)19-13-29(14-19)15-33(16-29)27(35)38-28(2,3)4/h6-9,12,18-19H,10-11,13-17H2,1-5H3,(H,30,32)/t18-/m1/s1. The van der Waals surface area contributed by atoms with Crippen LogP contribution in [-0.2, 0) is 15.9 Å². The summed E-state index contributed by atoms with van der Waals surface area (Å²) in [5.41, 5.74) is 4.90. The fourth-order valence-corrected chi connectivity index (χ4v) is 6.55. The lowest BCUT2D eigenvalue weighted by atomic mass is 9.60. The molecule has 9 nitrogen and oxygen atoms in total.